The predicted molar refractivity (Wildman–Crippen MR) is 102 cm³/mol. The van der Waals surface area contributed by atoms with Crippen LogP contribution in [0.5, 0.6) is 0 Å². The second-order valence-electron chi connectivity index (χ2n) is 7.04. The number of carbonyl (C=O) groups excluding carboxylic acids is 1. The average Bonchev–Trinajstić information content (AvgIpc) is 2.85. The van der Waals surface area contributed by atoms with Gasteiger partial charge in [-0.2, -0.15) is 0 Å². The molecular formula is C21H24N2O4. The average molecular weight is 368 g/mol. The lowest BCUT2D eigenvalue weighted by Gasteiger charge is -2.32. The first-order valence-corrected chi connectivity index (χ1v) is 8.99. The van der Waals surface area contributed by atoms with Gasteiger partial charge in [-0.3, -0.25) is 9.59 Å². The molecule has 2 aromatic carbocycles. The summed E-state index contributed by atoms with van der Waals surface area (Å²) in [7, 11) is 0. The Kier molecular flexibility index (Phi) is 5.30. The van der Waals surface area contributed by atoms with Crippen molar-refractivity contribution in [3.63, 3.8) is 0 Å². The molecule has 1 aliphatic rings. The molecule has 1 fully saturated rings. The molecule has 0 saturated carbocycles. The van der Waals surface area contributed by atoms with E-state index >= 15 is 0 Å². The lowest BCUT2D eigenvalue weighted by atomic mass is 9.76. The number of β-amino-alcohol motifs (C(OH)–C–C–N with tert-alkyl or cyclic N) is 1. The standard InChI is InChI=1S/C21H24N2O4/c1-15(24)14-22-16(2)21(20(26)27,13-17-9-5-3-6-10-17)19(25)23(22)18-11-7-4-8-12-18/h3-12,15-16,24H,13-14H2,1-2H3,(H,26,27)/t15?,16?,21-/m1/s1. The first-order valence-electron chi connectivity index (χ1n) is 8.99. The third kappa shape index (κ3) is 3.34. The summed E-state index contributed by atoms with van der Waals surface area (Å²) in [6, 6.07) is 17.5. The Morgan fingerprint density at radius 1 is 1.11 bits per heavy atom. The van der Waals surface area contributed by atoms with Crippen LogP contribution < -0.4 is 5.01 Å². The number of aliphatic carboxylic acids is 1. The van der Waals surface area contributed by atoms with Gasteiger partial charge in [0.1, 0.15) is 0 Å². The lowest BCUT2D eigenvalue weighted by molar-refractivity contribution is -0.154. The number of nitrogens with zero attached hydrogens (tertiary/aromatic N) is 2. The number of carboxylic acid groups (broad SMARTS) is 1. The quantitative estimate of drug-likeness (QED) is 0.765. The highest BCUT2D eigenvalue weighted by Crippen LogP contribution is 2.42. The van der Waals surface area contributed by atoms with Gasteiger partial charge in [-0.15, -0.1) is 0 Å². The topological polar surface area (TPSA) is 81.1 Å². The molecule has 0 spiro atoms. The molecule has 6 nitrogen and oxygen atoms in total. The molecule has 0 radical (unpaired) electrons. The van der Waals surface area contributed by atoms with Crippen LogP contribution in [0.4, 0.5) is 5.69 Å². The highest BCUT2D eigenvalue weighted by Gasteiger charge is 2.62. The van der Waals surface area contributed by atoms with Crippen LogP contribution in [-0.2, 0) is 16.0 Å². The van der Waals surface area contributed by atoms with E-state index in [2.05, 4.69) is 0 Å². The summed E-state index contributed by atoms with van der Waals surface area (Å²) in [5.41, 5.74) is -0.260. The predicted octanol–water partition coefficient (Wildman–Crippen LogP) is 2.33. The monoisotopic (exact) mass is 368 g/mol. The van der Waals surface area contributed by atoms with Gasteiger partial charge in [0.15, 0.2) is 5.41 Å². The minimum atomic E-state index is -1.63. The highest BCUT2D eigenvalue weighted by atomic mass is 16.4. The lowest BCUT2D eigenvalue weighted by Crippen LogP contribution is -2.48. The Morgan fingerprint density at radius 3 is 2.19 bits per heavy atom. The Balaban J connectivity index is 2.10. The van der Waals surface area contributed by atoms with Gasteiger partial charge >= 0.3 is 5.97 Å². The molecule has 3 rings (SSSR count). The van der Waals surface area contributed by atoms with Crippen molar-refractivity contribution in [1.82, 2.24) is 5.01 Å². The summed E-state index contributed by atoms with van der Waals surface area (Å²) >= 11 is 0. The third-order valence-electron chi connectivity index (χ3n) is 5.15. The number of carboxylic acids is 1. The molecule has 27 heavy (non-hydrogen) atoms. The smallest absolute Gasteiger partial charge is 0.321 e. The molecule has 1 heterocycles. The number of anilines is 1. The molecule has 142 valence electrons. The molecule has 1 saturated heterocycles. The van der Waals surface area contributed by atoms with E-state index in [1.807, 2.05) is 36.4 Å². The van der Waals surface area contributed by atoms with E-state index in [-0.39, 0.29) is 13.0 Å². The van der Waals surface area contributed by atoms with Crippen molar-refractivity contribution >= 4 is 17.6 Å². The summed E-state index contributed by atoms with van der Waals surface area (Å²) in [5, 5.41) is 23.2. The molecule has 1 aliphatic heterocycles. The van der Waals surface area contributed by atoms with Crippen LogP contribution in [0.1, 0.15) is 19.4 Å². The van der Waals surface area contributed by atoms with Gasteiger partial charge in [0.2, 0.25) is 0 Å². The van der Waals surface area contributed by atoms with Crippen LogP contribution >= 0.6 is 0 Å². The van der Waals surface area contributed by atoms with Crippen LogP contribution in [0.2, 0.25) is 0 Å². The fraction of sp³-hybridized carbons (Fsp3) is 0.333. The van der Waals surface area contributed by atoms with E-state index in [0.29, 0.717) is 5.69 Å². The van der Waals surface area contributed by atoms with Gasteiger partial charge in [-0.1, -0.05) is 48.5 Å². The Hall–Kier alpha value is -2.70. The number of rotatable bonds is 6. The summed E-state index contributed by atoms with van der Waals surface area (Å²) in [5.74, 6) is -1.64. The number of hydrogen-bond acceptors (Lipinski definition) is 4. The maximum atomic E-state index is 13.5. The fourth-order valence-electron chi connectivity index (χ4n) is 3.74. The van der Waals surface area contributed by atoms with E-state index in [1.165, 1.54) is 5.01 Å². The second kappa shape index (κ2) is 7.50. The number of hydrogen-bond donors (Lipinski definition) is 2. The number of para-hydroxylation sites is 1. The Bertz CT molecular complexity index is 809. The number of aliphatic hydroxyl groups is 1. The van der Waals surface area contributed by atoms with Crippen LogP contribution in [0.25, 0.3) is 0 Å². The highest BCUT2D eigenvalue weighted by molar-refractivity contribution is 6.12. The second-order valence-corrected chi connectivity index (χ2v) is 7.04. The van der Waals surface area contributed by atoms with Gasteiger partial charge < -0.3 is 10.2 Å². The fourth-order valence-corrected chi connectivity index (χ4v) is 3.74. The maximum Gasteiger partial charge on any atom is 0.321 e. The summed E-state index contributed by atoms with van der Waals surface area (Å²) in [4.78, 5) is 25.9. The van der Waals surface area contributed by atoms with Gasteiger partial charge in [-0.05, 0) is 38.0 Å². The zero-order chi connectivity index (χ0) is 19.6. The first kappa shape index (κ1) is 19.1. The van der Waals surface area contributed by atoms with Gasteiger partial charge in [0.25, 0.3) is 5.91 Å². The molecule has 6 heteroatoms. The third-order valence-corrected chi connectivity index (χ3v) is 5.15. The Morgan fingerprint density at radius 2 is 1.67 bits per heavy atom. The van der Waals surface area contributed by atoms with E-state index in [9.17, 15) is 19.8 Å². The molecule has 1 amide bonds. The molecule has 0 aromatic heterocycles. The van der Waals surface area contributed by atoms with Gasteiger partial charge in [-0.25, -0.2) is 10.0 Å². The SMILES string of the molecule is CC(O)CN1C(C)[C@@](Cc2ccccc2)(C(=O)O)C(=O)N1c1ccccc1. The van der Waals surface area contributed by atoms with Crippen LogP contribution in [0.15, 0.2) is 60.7 Å². The Labute approximate surface area is 158 Å². The normalized spacial score (nSPS) is 24.2. The summed E-state index contributed by atoms with van der Waals surface area (Å²) < 4.78 is 0. The van der Waals surface area contributed by atoms with Crippen LogP contribution in [-0.4, -0.2) is 45.8 Å². The minimum absolute atomic E-state index is 0.0861. The van der Waals surface area contributed by atoms with Gasteiger partial charge in [0.05, 0.1) is 17.8 Å². The van der Waals surface area contributed by atoms with Crippen LogP contribution in [0.3, 0.4) is 0 Å². The van der Waals surface area contributed by atoms with E-state index in [1.54, 1.807) is 43.1 Å². The molecule has 0 aliphatic carbocycles. The van der Waals surface area contributed by atoms with Crippen molar-refractivity contribution in [2.45, 2.75) is 32.4 Å². The zero-order valence-electron chi connectivity index (χ0n) is 15.4. The van der Waals surface area contributed by atoms with Crippen molar-refractivity contribution in [1.29, 1.82) is 0 Å². The van der Waals surface area contributed by atoms with Crippen molar-refractivity contribution in [2.75, 3.05) is 11.6 Å². The number of hydrazine groups is 1. The zero-order valence-corrected chi connectivity index (χ0v) is 15.4. The van der Waals surface area contributed by atoms with Crippen molar-refractivity contribution < 1.29 is 19.8 Å². The molecule has 0 bridgehead atoms. The van der Waals surface area contributed by atoms with Crippen molar-refractivity contribution in [2.24, 2.45) is 5.41 Å². The molecule has 2 N–H and O–H groups in total. The van der Waals surface area contributed by atoms with Crippen molar-refractivity contribution in [3.8, 4) is 0 Å². The maximum absolute atomic E-state index is 13.5. The van der Waals surface area contributed by atoms with E-state index in [4.69, 9.17) is 0 Å². The first-order chi connectivity index (χ1) is 12.9. The molecule has 3 atom stereocenters. The summed E-state index contributed by atoms with van der Waals surface area (Å²) in [6.45, 7) is 3.52. The van der Waals surface area contributed by atoms with E-state index in [0.717, 1.165) is 5.56 Å². The minimum Gasteiger partial charge on any atom is -0.480 e. The number of benzene rings is 2. The summed E-state index contributed by atoms with van der Waals surface area (Å²) in [6.07, 6.45) is -0.629. The number of amides is 1. The molecular weight excluding hydrogens is 344 g/mol. The van der Waals surface area contributed by atoms with Crippen molar-refractivity contribution in [3.05, 3.63) is 66.2 Å². The number of carbonyl (C=O) groups is 2. The van der Waals surface area contributed by atoms with E-state index < -0.39 is 29.4 Å². The number of aliphatic hydroxyl groups excluding tert-OH is 1. The van der Waals surface area contributed by atoms with Gasteiger partial charge in [0, 0.05) is 6.54 Å². The van der Waals surface area contributed by atoms with Crippen LogP contribution in [0, 0.1) is 5.41 Å². The largest absolute Gasteiger partial charge is 0.480 e. The molecule has 2 unspecified atom stereocenters. The molecule has 2 aromatic rings.